The average Bonchev–Trinajstić information content (AvgIpc) is 2.44. The Morgan fingerprint density at radius 1 is 0.950 bits per heavy atom. The van der Waals surface area contributed by atoms with Crippen molar-refractivity contribution in [1.82, 2.24) is 0 Å². The summed E-state index contributed by atoms with van der Waals surface area (Å²) in [4.78, 5) is 0. The number of rotatable bonds is 5. The second-order valence-corrected chi connectivity index (χ2v) is 6.87. The zero-order valence-electron chi connectivity index (χ0n) is 10.6. The van der Waals surface area contributed by atoms with E-state index in [0.29, 0.717) is 15.8 Å². The van der Waals surface area contributed by atoms with E-state index in [1.54, 1.807) is 36.4 Å². The van der Waals surface area contributed by atoms with Gasteiger partial charge in [0.15, 0.2) is 0 Å². The highest BCUT2D eigenvalue weighted by atomic mass is 35.5. The van der Waals surface area contributed by atoms with Gasteiger partial charge in [-0.1, -0.05) is 47.5 Å². The minimum atomic E-state index is -1.21. The van der Waals surface area contributed by atoms with Crippen LogP contribution in [0.1, 0.15) is 16.4 Å². The normalized spacial score (nSPS) is 13.9. The van der Waals surface area contributed by atoms with Crippen molar-refractivity contribution in [1.29, 1.82) is 0 Å². The first-order chi connectivity index (χ1) is 9.60. The van der Waals surface area contributed by atoms with Crippen molar-refractivity contribution in [2.45, 2.75) is 11.0 Å². The molecule has 0 aliphatic rings. The first-order valence-corrected chi connectivity index (χ1v) is 8.22. The van der Waals surface area contributed by atoms with Gasteiger partial charge in [0, 0.05) is 26.6 Å². The largest absolute Gasteiger partial charge is 0.395 e. The molecule has 20 heavy (non-hydrogen) atoms. The number of hydrogen-bond donors (Lipinski definition) is 1. The first kappa shape index (κ1) is 15.5. The molecule has 0 bridgehead atoms. The summed E-state index contributed by atoms with van der Waals surface area (Å²) in [5.74, 6) is 0.380. The third-order valence-corrected chi connectivity index (χ3v) is 5.12. The van der Waals surface area contributed by atoms with Crippen LogP contribution in [0.3, 0.4) is 0 Å². The topological polar surface area (TPSA) is 37.3 Å². The fourth-order valence-electron chi connectivity index (χ4n) is 1.86. The lowest BCUT2D eigenvalue weighted by molar-refractivity contribution is 0.294. The third-order valence-electron chi connectivity index (χ3n) is 2.95. The summed E-state index contributed by atoms with van der Waals surface area (Å²) < 4.78 is 12.4. The Morgan fingerprint density at radius 2 is 1.45 bits per heavy atom. The predicted molar refractivity (Wildman–Crippen MR) is 84.6 cm³/mol. The fourth-order valence-corrected chi connectivity index (χ4v) is 3.46. The molecule has 106 valence electrons. The van der Waals surface area contributed by atoms with Crippen molar-refractivity contribution < 1.29 is 9.32 Å². The zero-order chi connectivity index (χ0) is 14.5. The molecule has 0 aliphatic carbocycles. The van der Waals surface area contributed by atoms with Gasteiger partial charge in [0.1, 0.15) is 0 Å². The number of benzene rings is 2. The van der Waals surface area contributed by atoms with Crippen LogP contribution in [-0.4, -0.2) is 15.9 Å². The van der Waals surface area contributed by atoms with E-state index in [1.165, 1.54) is 0 Å². The molecule has 0 amide bonds. The van der Waals surface area contributed by atoms with Crippen molar-refractivity contribution >= 4 is 34.0 Å². The van der Waals surface area contributed by atoms with Gasteiger partial charge in [-0.3, -0.25) is 4.21 Å². The summed E-state index contributed by atoms with van der Waals surface area (Å²) in [5.41, 5.74) is 1.75. The molecule has 2 nitrogen and oxygen atoms in total. The maximum atomic E-state index is 12.4. The molecule has 2 aromatic carbocycles. The van der Waals surface area contributed by atoms with E-state index in [2.05, 4.69) is 0 Å². The van der Waals surface area contributed by atoms with Crippen LogP contribution in [0.2, 0.25) is 10.0 Å². The Balaban J connectivity index is 2.13. The van der Waals surface area contributed by atoms with Crippen LogP contribution in [0, 0.1) is 0 Å². The molecule has 2 unspecified atom stereocenters. The molecule has 5 heteroatoms. The molecule has 0 radical (unpaired) electrons. The highest BCUT2D eigenvalue weighted by Gasteiger charge is 2.18. The van der Waals surface area contributed by atoms with Crippen LogP contribution in [0.4, 0.5) is 0 Å². The van der Waals surface area contributed by atoms with Crippen LogP contribution in [-0.2, 0) is 16.6 Å². The van der Waals surface area contributed by atoms with Crippen molar-refractivity contribution in [2.24, 2.45) is 0 Å². The summed E-state index contributed by atoms with van der Waals surface area (Å²) >= 11 is 11.7. The molecule has 0 saturated heterocycles. The van der Waals surface area contributed by atoms with E-state index in [0.717, 1.165) is 11.1 Å². The Morgan fingerprint density at radius 3 is 1.95 bits per heavy atom. The van der Waals surface area contributed by atoms with E-state index >= 15 is 0 Å². The van der Waals surface area contributed by atoms with Gasteiger partial charge >= 0.3 is 0 Å². The van der Waals surface area contributed by atoms with E-state index in [1.807, 2.05) is 12.1 Å². The van der Waals surface area contributed by atoms with Crippen LogP contribution in [0.5, 0.6) is 0 Å². The minimum Gasteiger partial charge on any atom is -0.395 e. The van der Waals surface area contributed by atoms with E-state index in [9.17, 15) is 9.32 Å². The smallest absolute Gasteiger partial charge is 0.0831 e. The lowest BCUT2D eigenvalue weighted by atomic mass is 10.1. The van der Waals surface area contributed by atoms with Gasteiger partial charge in [-0.05, 0) is 35.4 Å². The van der Waals surface area contributed by atoms with Gasteiger partial charge in [-0.15, -0.1) is 0 Å². The second kappa shape index (κ2) is 7.23. The van der Waals surface area contributed by atoms with Gasteiger partial charge in [-0.2, -0.15) is 0 Å². The fraction of sp³-hybridized carbons (Fsp3) is 0.200. The van der Waals surface area contributed by atoms with Gasteiger partial charge in [0.2, 0.25) is 0 Å². The first-order valence-electron chi connectivity index (χ1n) is 6.08. The maximum Gasteiger partial charge on any atom is 0.0831 e. The molecule has 0 aliphatic heterocycles. The Hall–Kier alpha value is -0.870. The molecule has 0 aromatic heterocycles. The van der Waals surface area contributed by atoms with E-state index in [-0.39, 0.29) is 6.61 Å². The molecule has 1 N–H and O–H groups in total. The lowest BCUT2D eigenvalue weighted by Gasteiger charge is -2.14. The van der Waals surface area contributed by atoms with Crippen molar-refractivity contribution in [3.8, 4) is 0 Å². The van der Waals surface area contributed by atoms with Crippen molar-refractivity contribution in [3.63, 3.8) is 0 Å². The van der Waals surface area contributed by atoms with Crippen LogP contribution >= 0.6 is 23.2 Å². The number of aliphatic hydroxyl groups excluding tert-OH is 1. The summed E-state index contributed by atoms with van der Waals surface area (Å²) in [6, 6.07) is 14.3. The Kier molecular flexibility index (Phi) is 5.61. The van der Waals surface area contributed by atoms with Crippen molar-refractivity contribution in [3.05, 3.63) is 69.7 Å². The monoisotopic (exact) mass is 328 g/mol. The SMILES string of the molecule is O=S(Cc1ccc(Cl)cc1)C(CO)c1ccc(Cl)cc1. The van der Waals surface area contributed by atoms with Crippen LogP contribution in [0.25, 0.3) is 0 Å². The third kappa shape index (κ3) is 4.06. The lowest BCUT2D eigenvalue weighted by Crippen LogP contribution is -2.12. The molecule has 0 saturated carbocycles. The number of aliphatic hydroxyl groups is 1. The van der Waals surface area contributed by atoms with Crippen LogP contribution < -0.4 is 0 Å². The van der Waals surface area contributed by atoms with Crippen LogP contribution in [0.15, 0.2) is 48.5 Å². The molecule has 2 rings (SSSR count). The standard InChI is InChI=1S/C15H14Cl2O2S/c16-13-5-1-11(2-6-13)10-20(19)15(9-18)12-3-7-14(17)8-4-12/h1-8,15,18H,9-10H2. The molecule has 2 atom stereocenters. The molecule has 0 heterocycles. The van der Waals surface area contributed by atoms with Gasteiger partial charge < -0.3 is 5.11 Å². The molecule has 0 fully saturated rings. The predicted octanol–water partition coefficient (Wildman–Crippen LogP) is 3.98. The minimum absolute atomic E-state index is 0.165. The Labute approximate surface area is 130 Å². The summed E-state index contributed by atoms with van der Waals surface area (Å²) in [6.45, 7) is -0.165. The van der Waals surface area contributed by atoms with Gasteiger partial charge in [0.25, 0.3) is 0 Å². The summed E-state index contributed by atoms with van der Waals surface area (Å²) in [6.07, 6.45) is 0. The maximum absolute atomic E-state index is 12.4. The highest BCUT2D eigenvalue weighted by molar-refractivity contribution is 7.84. The van der Waals surface area contributed by atoms with Crippen molar-refractivity contribution in [2.75, 3.05) is 6.61 Å². The van der Waals surface area contributed by atoms with E-state index in [4.69, 9.17) is 23.2 Å². The average molecular weight is 329 g/mol. The summed E-state index contributed by atoms with van der Waals surface area (Å²) in [5, 5.41) is 10.3. The molecule has 2 aromatic rings. The Bertz CT molecular complexity index is 582. The number of halogens is 2. The molecule has 0 spiro atoms. The van der Waals surface area contributed by atoms with E-state index < -0.39 is 16.0 Å². The summed E-state index contributed by atoms with van der Waals surface area (Å²) in [7, 11) is -1.21. The van der Waals surface area contributed by atoms with Gasteiger partial charge in [0.05, 0.1) is 11.9 Å². The number of hydrogen-bond acceptors (Lipinski definition) is 2. The quantitative estimate of drug-likeness (QED) is 0.901. The second-order valence-electron chi connectivity index (χ2n) is 4.37. The van der Waals surface area contributed by atoms with Gasteiger partial charge in [-0.25, -0.2) is 0 Å². The molecular formula is C15H14Cl2O2S. The molecular weight excluding hydrogens is 315 g/mol. The highest BCUT2D eigenvalue weighted by Crippen LogP contribution is 2.24. The zero-order valence-corrected chi connectivity index (χ0v) is 13.0.